The minimum atomic E-state index is -0.0460. The molecule has 2 nitrogen and oxygen atoms in total. The molecule has 5 atom stereocenters. The van der Waals surface area contributed by atoms with Gasteiger partial charge in [0.25, 0.3) is 0 Å². The van der Waals surface area contributed by atoms with E-state index in [-0.39, 0.29) is 12.1 Å². The summed E-state index contributed by atoms with van der Waals surface area (Å²) in [6.07, 6.45) is 19.8. The second-order valence-electron chi connectivity index (χ2n) is 12.0. The second-order valence-corrected chi connectivity index (χ2v) is 12.0. The van der Waals surface area contributed by atoms with E-state index in [2.05, 4.69) is 46.4 Å². The van der Waals surface area contributed by atoms with E-state index in [4.69, 9.17) is 4.74 Å². The molecule has 3 aliphatic rings. The molecule has 3 rings (SSSR count). The number of carbonyl (C=O) groups excluding carboxylic acids is 1. The lowest BCUT2D eigenvalue weighted by molar-refractivity contribution is -0.149. The van der Waals surface area contributed by atoms with Crippen LogP contribution in [0.15, 0.2) is 35.5 Å². The van der Waals surface area contributed by atoms with Crippen LogP contribution in [0.4, 0.5) is 0 Å². The maximum Gasteiger partial charge on any atom is 0.306 e. The number of fused-ring (bicyclic) bond motifs is 1. The van der Waals surface area contributed by atoms with Crippen molar-refractivity contribution in [2.24, 2.45) is 29.1 Å². The summed E-state index contributed by atoms with van der Waals surface area (Å²) in [6, 6.07) is 0. The maximum absolute atomic E-state index is 12.0. The Morgan fingerprint density at radius 3 is 2.67 bits per heavy atom. The van der Waals surface area contributed by atoms with Crippen LogP contribution >= 0.6 is 0 Å². The quantitative estimate of drug-likeness (QED) is 0.325. The van der Waals surface area contributed by atoms with Gasteiger partial charge in [0.2, 0.25) is 0 Å². The van der Waals surface area contributed by atoms with Gasteiger partial charge < -0.3 is 4.74 Å². The van der Waals surface area contributed by atoms with E-state index in [0.717, 1.165) is 49.4 Å². The van der Waals surface area contributed by atoms with Crippen molar-refractivity contribution >= 4 is 5.97 Å². The summed E-state index contributed by atoms with van der Waals surface area (Å²) in [4.78, 5) is 12.0. The first-order valence-corrected chi connectivity index (χ1v) is 14.0. The molecular formula is C31H50O2. The highest BCUT2D eigenvalue weighted by Gasteiger charge is 2.50. The number of ether oxygens (including phenoxy) is 1. The third kappa shape index (κ3) is 6.64. The molecule has 0 bridgehead atoms. The predicted molar refractivity (Wildman–Crippen MR) is 140 cm³/mol. The van der Waals surface area contributed by atoms with E-state index in [1.807, 2.05) is 6.92 Å². The standard InChI is InChI=1S/C31H50O2/c1-7-10-30(32)33-27-17-14-23(4)26(21-27)16-15-25-13-9-20-31(6)28(18-19-29(25)31)24(5)12-8-11-22(2)3/h15-16,22,24,27-29H,4,7-14,17-21H2,1-3,5-6H3/b25-15+,26-16-/t24-,27-,28-,29-,31-/m1/s1. The molecule has 0 amide bonds. The van der Waals surface area contributed by atoms with Crippen LogP contribution in [-0.4, -0.2) is 12.1 Å². The van der Waals surface area contributed by atoms with Gasteiger partial charge in [-0.1, -0.05) is 83.8 Å². The Labute approximate surface area is 204 Å². The van der Waals surface area contributed by atoms with Crippen LogP contribution < -0.4 is 0 Å². The molecule has 0 aromatic heterocycles. The zero-order valence-corrected chi connectivity index (χ0v) is 22.3. The average Bonchev–Trinajstić information content (AvgIpc) is 3.11. The number of carbonyl (C=O) groups is 1. The van der Waals surface area contributed by atoms with Gasteiger partial charge in [-0.05, 0) is 86.0 Å². The Kier molecular flexibility index (Phi) is 9.48. The Morgan fingerprint density at radius 1 is 1.15 bits per heavy atom. The molecule has 33 heavy (non-hydrogen) atoms. The van der Waals surface area contributed by atoms with Crippen molar-refractivity contribution < 1.29 is 9.53 Å². The van der Waals surface area contributed by atoms with Crippen LogP contribution in [0.25, 0.3) is 0 Å². The summed E-state index contributed by atoms with van der Waals surface area (Å²) in [6.45, 7) is 16.2. The molecule has 0 saturated heterocycles. The molecule has 2 heteroatoms. The average molecular weight is 455 g/mol. The Morgan fingerprint density at radius 2 is 1.94 bits per heavy atom. The van der Waals surface area contributed by atoms with Gasteiger partial charge in [-0.2, -0.15) is 0 Å². The SMILES string of the molecule is C=C1CC[C@@H](OC(=O)CCC)C/C1=C/C=C1\CCC[C@@]2(C)[C@@H]1CC[C@@H]2[C@H](C)CCCC(C)C. The minimum Gasteiger partial charge on any atom is -0.462 e. The molecule has 3 aliphatic carbocycles. The molecule has 0 aromatic carbocycles. The van der Waals surface area contributed by atoms with Gasteiger partial charge in [-0.15, -0.1) is 0 Å². The number of esters is 1. The highest BCUT2D eigenvalue weighted by Crippen LogP contribution is 2.60. The summed E-state index contributed by atoms with van der Waals surface area (Å²) < 4.78 is 5.73. The largest absolute Gasteiger partial charge is 0.462 e. The molecule has 186 valence electrons. The van der Waals surface area contributed by atoms with Crippen molar-refractivity contribution in [1.82, 2.24) is 0 Å². The fourth-order valence-electron chi connectivity index (χ4n) is 7.19. The zero-order valence-electron chi connectivity index (χ0n) is 22.3. The van der Waals surface area contributed by atoms with Crippen LogP contribution in [0.1, 0.15) is 118 Å². The van der Waals surface area contributed by atoms with E-state index >= 15 is 0 Å². The van der Waals surface area contributed by atoms with E-state index in [1.165, 1.54) is 62.5 Å². The van der Waals surface area contributed by atoms with Crippen molar-refractivity contribution in [3.8, 4) is 0 Å². The van der Waals surface area contributed by atoms with Gasteiger partial charge in [0.15, 0.2) is 0 Å². The molecule has 0 unspecified atom stereocenters. The summed E-state index contributed by atoms with van der Waals surface area (Å²) in [5.41, 5.74) is 4.68. The van der Waals surface area contributed by atoms with Crippen molar-refractivity contribution in [2.45, 2.75) is 124 Å². The Balaban J connectivity index is 1.67. The molecule has 0 aliphatic heterocycles. The molecule has 0 N–H and O–H groups in total. The smallest absolute Gasteiger partial charge is 0.306 e. The lowest BCUT2D eigenvalue weighted by atomic mass is 9.60. The number of hydrogen-bond acceptors (Lipinski definition) is 2. The van der Waals surface area contributed by atoms with E-state index in [1.54, 1.807) is 5.57 Å². The lowest BCUT2D eigenvalue weighted by Crippen LogP contribution is -2.36. The van der Waals surface area contributed by atoms with E-state index in [0.29, 0.717) is 11.8 Å². The number of hydrogen-bond donors (Lipinski definition) is 0. The maximum atomic E-state index is 12.0. The summed E-state index contributed by atoms with van der Waals surface area (Å²) >= 11 is 0. The van der Waals surface area contributed by atoms with Gasteiger partial charge in [0.05, 0.1) is 0 Å². The fraction of sp³-hybridized carbons (Fsp3) is 0.774. The van der Waals surface area contributed by atoms with Crippen LogP contribution in [0.5, 0.6) is 0 Å². The normalized spacial score (nSPS) is 33.5. The summed E-state index contributed by atoms with van der Waals surface area (Å²) in [7, 11) is 0. The predicted octanol–water partition coefficient (Wildman–Crippen LogP) is 8.97. The lowest BCUT2D eigenvalue weighted by Gasteiger charge is -2.44. The van der Waals surface area contributed by atoms with Gasteiger partial charge >= 0.3 is 5.97 Å². The number of allylic oxidation sites excluding steroid dienone is 4. The summed E-state index contributed by atoms with van der Waals surface area (Å²) in [5.74, 6) is 3.24. The molecule has 0 radical (unpaired) electrons. The highest BCUT2D eigenvalue weighted by atomic mass is 16.5. The second kappa shape index (κ2) is 11.9. The minimum absolute atomic E-state index is 0.0263. The van der Waals surface area contributed by atoms with Gasteiger partial charge in [-0.25, -0.2) is 0 Å². The fourth-order valence-corrected chi connectivity index (χ4v) is 7.19. The van der Waals surface area contributed by atoms with Gasteiger partial charge in [0, 0.05) is 12.8 Å². The van der Waals surface area contributed by atoms with E-state index in [9.17, 15) is 4.79 Å². The van der Waals surface area contributed by atoms with E-state index < -0.39 is 0 Å². The van der Waals surface area contributed by atoms with Crippen molar-refractivity contribution in [3.63, 3.8) is 0 Å². The number of rotatable bonds is 9. The van der Waals surface area contributed by atoms with Gasteiger partial charge in [-0.3, -0.25) is 4.79 Å². The summed E-state index contributed by atoms with van der Waals surface area (Å²) in [5, 5.41) is 0. The zero-order chi connectivity index (χ0) is 24.0. The van der Waals surface area contributed by atoms with Crippen LogP contribution in [0.2, 0.25) is 0 Å². The molecule has 0 spiro atoms. The molecule has 3 fully saturated rings. The van der Waals surface area contributed by atoms with Crippen LogP contribution in [0, 0.1) is 29.1 Å². The topological polar surface area (TPSA) is 26.3 Å². The first kappa shape index (κ1) is 26.3. The van der Waals surface area contributed by atoms with Crippen molar-refractivity contribution in [1.29, 1.82) is 0 Å². The van der Waals surface area contributed by atoms with Crippen LogP contribution in [0.3, 0.4) is 0 Å². The Hall–Kier alpha value is -1.31. The van der Waals surface area contributed by atoms with Crippen molar-refractivity contribution in [3.05, 3.63) is 35.5 Å². The molecule has 0 heterocycles. The third-order valence-electron chi connectivity index (χ3n) is 9.09. The molecular weight excluding hydrogens is 404 g/mol. The third-order valence-corrected chi connectivity index (χ3v) is 9.09. The first-order valence-electron chi connectivity index (χ1n) is 14.0. The molecule has 3 saturated carbocycles. The van der Waals surface area contributed by atoms with Crippen LogP contribution in [-0.2, 0) is 9.53 Å². The Bertz CT molecular complexity index is 742. The first-order chi connectivity index (χ1) is 15.7. The monoisotopic (exact) mass is 454 g/mol. The van der Waals surface area contributed by atoms with Gasteiger partial charge in [0.1, 0.15) is 6.10 Å². The van der Waals surface area contributed by atoms with Crippen molar-refractivity contribution in [2.75, 3.05) is 0 Å². The highest BCUT2D eigenvalue weighted by molar-refractivity contribution is 5.69. The molecule has 0 aromatic rings.